The average Bonchev–Trinajstić information content (AvgIpc) is 2.17. The van der Waals surface area contributed by atoms with E-state index in [0.717, 1.165) is 31.7 Å². The molecule has 1 saturated carbocycles. The second-order valence-electron chi connectivity index (χ2n) is 4.39. The van der Waals surface area contributed by atoms with E-state index in [1.807, 2.05) is 11.9 Å². The van der Waals surface area contributed by atoms with Gasteiger partial charge in [-0.3, -0.25) is 4.79 Å². The highest BCUT2D eigenvalue weighted by atomic mass is 16.2. The first-order valence-electron chi connectivity index (χ1n) is 5.58. The highest BCUT2D eigenvalue weighted by Gasteiger charge is 2.25. The summed E-state index contributed by atoms with van der Waals surface area (Å²) in [6, 6.07) is 0.456. The quantitative estimate of drug-likeness (QED) is 0.744. The van der Waals surface area contributed by atoms with Crippen LogP contribution in [0.5, 0.6) is 0 Å². The molecule has 0 spiro atoms. The average molecular weight is 198 g/mol. The molecule has 0 heterocycles. The predicted octanol–water partition coefficient (Wildman–Crippen LogP) is 1.37. The van der Waals surface area contributed by atoms with Crippen molar-refractivity contribution in [2.45, 2.75) is 45.1 Å². The molecule has 2 atom stereocenters. The van der Waals surface area contributed by atoms with Gasteiger partial charge in [0.2, 0.25) is 5.91 Å². The molecule has 3 heteroatoms. The van der Waals surface area contributed by atoms with Crippen molar-refractivity contribution in [1.82, 2.24) is 4.90 Å². The molecule has 0 radical (unpaired) electrons. The molecular weight excluding hydrogens is 176 g/mol. The van der Waals surface area contributed by atoms with Crippen LogP contribution < -0.4 is 5.73 Å². The predicted molar refractivity (Wildman–Crippen MR) is 57.9 cm³/mol. The number of nitrogens with zero attached hydrogens (tertiary/aromatic N) is 1. The van der Waals surface area contributed by atoms with Gasteiger partial charge in [-0.05, 0) is 31.7 Å². The molecule has 1 aliphatic carbocycles. The van der Waals surface area contributed by atoms with Crippen LogP contribution in [0.2, 0.25) is 0 Å². The van der Waals surface area contributed by atoms with E-state index in [9.17, 15) is 4.79 Å². The molecule has 2 unspecified atom stereocenters. The molecule has 0 saturated heterocycles. The molecule has 2 N–H and O–H groups in total. The molecule has 82 valence electrons. The highest BCUT2D eigenvalue weighted by Crippen LogP contribution is 2.28. The van der Waals surface area contributed by atoms with Gasteiger partial charge in [-0.1, -0.05) is 12.8 Å². The molecule has 1 aliphatic rings. The number of hydrogen-bond acceptors (Lipinski definition) is 2. The molecule has 0 aromatic carbocycles. The van der Waals surface area contributed by atoms with Crippen molar-refractivity contribution >= 4 is 5.91 Å². The minimum atomic E-state index is 0.184. The number of hydrogen-bond donors (Lipinski definition) is 1. The molecule has 14 heavy (non-hydrogen) atoms. The smallest absolute Gasteiger partial charge is 0.219 e. The van der Waals surface area contributed by atoms with Crippen molar-refractivity contribution in [2.24, 2.45) is 11.7 Å². The van der Waals surface area contributed by atoms with E-state index in [1.54, 1.807) is 6.92 Å². The summed E-state index contributed by atoms with van der Waals surface area (Å²) >= 11 is 0. The maximum absolute atomic E-state index is 11.2. The van der Waals surface area contributed by atoms with Crippen LogP contribution in [0.25, 0.3) is 0 Å². The van der Waals surface area contributed by atoms with Crippen LogP contribution in [0, 0.1) is 5.92 Å². The minimum Gasteiger partial charge on any atom is -0.343 e. The number of nitrogens with two attached hydrogens (primary N) is 1. The zero-order valence-electron chi connectivity index (χ0n) is 9.33. The van der Waals surface area contributed by atoms with Crippen LogP contribution in [-0.2, 0) is 4.79 Å². The van der Waals surface area contributed by atoms with E-state index in [2.05, 4.69) is 0 Å². The minimum absolute atomic E-state index is 0.184. The van der Waals surface area contributed by atoms with E-state index < -0.39 is 0 Å². The van der Waals surface area contributed by atoms with Gasteiger partial charge < -0.3 is 10.6 Å². The Morgan fingerprint density at radius 3 is 2.79 bits per heavy atom. The lowest BCUT2D eigenvalue weighted by Crippen LogP contribution is -2.39. The number of carbonyl (C=O) groups excluding carboxylic acids is 1. The first kappa shape index (κ1) is 11.5. The summed E-state index contributed by atoms with van der Waals surface area (Å²) in [5.74, 6) is 0.920. The van der Waals surface area contributed by atoms with Gasteiger partial charge in [0.1, 0.15) is 0 Å². The zero-order valence-corrected chi connectivity index (χ0v) is 9.33. The Kier molecular flexibility index (Phi) is 4.39. The zero-order chi connectivity index (χ0) is 10.6. The van der Waals surface area contributed by atoms with Gasteiger partial charge >= 0.3 is 0 Å². The summed E-state index contributed by atoms with van der Waals surface area (Å²) < 4.78 is 0. The first-order valence-corrected chi connectivity index (χ1v) is 5.58. The maximum Gasteiger partial charge on any atom is 0.219 e. The highest BCUT2D eigenvalue weighted by molar-refractivity contribution is 5.73. The SMILES string of the molecule is CC(=O)N(C)C1CCCC(CCN)C1. The van der Waals surface area contributed by atoms with Crippen LogP contribution >= 0.6 is 0 Å². The third kappa shape index (κ3) is 2.98. The molecule has 1 fully saturated rings. The first-order chi connectivity index (χ1) is 6.65. The van der Waals surface area contributed by atoms with E-state index in [4.69, 9.17) is 5.73 Å². The second kappa shape index (κ2) is 5.35. The van der Waals surface area contributed by atoms with Crippen LogP contribution in [0.4, 0.5) is 0 Å². The Hall–Kier alpha value is -0.570. The third-order valence-electron chi connectivity index (χ3n) is 3.37. The van der Waals surface area contributed by atoms with Gasteiger partial charge in [-0.25, -0.2) is 0 Å². The molecule has 1 rings (SSSR count). The van der Waals surface area contributed by atoms with Gasteiger partial charge in [0.15, 0.2) is 0 Å². The van der Waals surface area contributed by atoms with Crippen LogP contribution in [0.3, 0.4) is 0 Å². The number of rotatable bonds is 3. The summed E-state index contributed by atoms with van der Waals surface area (Å²) in [7, 11) is 1.91. The molecule has 1 amide bonds. The largest absolute Gasteiger partial charge is 0.343 e. The standard InChI is InChI=1S/C11H22N2O/c1-9(14)13(2)11-5-3-4-10(8-11)6-7-12/h10-11H,3-8,12H2,1-2H3. The van der Waals surface area contributed by atoms with Gasteiger partial charge in [-0.15, -0.1) is 0 Å². The topological polar surface area (TPSA) is 46.3 Å². The number of carbonyl (C=O) groups is 1. The van der Waals surface area contributed by atoms with Gasteiger partial charge in [0.05, 0.1) is 0 Å². The Morgan fingerprint density at radius 1 is 1.50 bits per heavy atom. The molecule has 0 aliphatic heterocycles. The number of amides is 1. The van der Waals surface area contributed by atoms with Gasteiger partial charge in [0.25, 0.3) is 0 Å². The summed E-state index contributed by atoms with van der Waals surface area (Å²) in [5, 5.41) is 0. The van der Waals surface area contributed by atoms with Crippen LogP contribution in [-0.4, -0.2) is 30.4 Å². The van der Waals surface area contributed by atoms with Gasteiger partial charge in [0, 0.05) is 20.0 Å². The lowest BCUT2D eigenvalue weighted by Gasteiger charge is -2.34. The lowest BCUT2D eigenvalue weighted by molar-refractivity contribution is -0.130. The second-order valence-corrected chi connectivity index (χ2v) is 4.39. The van der Waals surface area contributed by atoms with Gasteiger partial charge in [-0.2, -0.15) is 0 Å². The summed E-state index contributed by atoms with van der Waals surface area (Å²) in [4.78, 5) is 13.1. The summed E-state index contributed by atoms with van der Waals surface area (Å²) in [5.41, 5.74) is 5.56. The summed E-state index contributed by atoms with van der Waals surface area (Å²) in [6.07, 6.45) is 5.96. The Bertz CT molecular complexity index is 192. The van der Waals surface area contributed by atoms with E-state index in [0.29, 0.717) is 6.04 Å². The van der Waals surface area contributed by atoms with E-state index in [-0.39, 0.29) is 5.91 Å². The molecule has 0 aromatic rings. The van der Waals surface area contributed by atoms with Crippen molar-refractivity contribution < 1.29 is 4.79 Å². The summed E-state index contributed by atoms with van der Waals surface area (Å²) in [6.45, 7) is 2.42. The van der Waals surface area contributed by atoms with Crippen molar-refractivity contribution in [1.29, 1.82) is 0 Å². The fraction of sp³-hybridized carbons (Fsp3) is 0.909. The molecule has 0 aromatic heterocycles. The molecule has 3 nitrogen and oxygen atoms in total. The third-order valence-corrected chi connectivity index (χ3v) is 3.37. The van der Waals surface area contributed by atoms with Crippen molar-refractivity contribution in [3.05, 3.63) is 0 Å². The lowest BCUT2D eigenvalue weighted by atomic mass is 9.83. The Balaban J connectivity index is 2.43. The van der Waals surface area contributed by atoms with Crippen LogP contribution in [0.15, 0.2) is 0 Å². The normalized spacial score (nSPS) is 27.4. The Labute approximate surface area is 86.6 Å². The van der Waals surface area contributed by atoms with Crippen molar-refractivity contribution in [3.8, 4) is 0 Å². The van der Waals surface area contributed by atoms with Crippen molar-refractivity contribution in [2.75, 3.05) is 13.6 Å². The molecule has 0 bridgehead atoms. The van der Waals surface area contributed by atoms with Crippen LogP contribution in [0.1, 0.15) is 39.0 Å². The van der Waals surface area contributed by atoms with Crippen molar-refractivity contribution in [3.63, 3.8) is 0 Å². The molecular formula is C11H22N2O. The van der Waals surface area contributed by atoms with E-state index >= 15 is 0 Å². The van der Waals surface area contributed by atoms with E-state index in [1.165, 1.54) is 12.8 Å². The fourth-order valence-electron chi connectivity index (χ4n) is 2.37. The Morgan fingerprint density at radius 2 is 2.21 bits per heavy atom. The monoisotopic (exact) mass is 198 g/mol. The fourth-order valence-corrected chi connectivity index (χ4v) is 2.37. The maximum atomic E-state index is 11.2.